The maximum absolute atomic E-state index is 12.4. The van der Waals surface area contributed by atoms with Crippen LogP contribution in [0.2, 0.25) is 0 Å². The van der Waals surface area contributed by atoms with E-state index in [0.29, 0.717) is 13.1 Å². The number of piperazine rings is 1. The van der Waals surface area contributed by atoms with Crippen molar-refractivity contribution in [1.29, 1.82) is 0 Å². The van der Waals surface area contributed by atoms with Crippen LogP contribution in [-0.4, -0.2) is 68.7 Å². The van der Waals surface area contributed by atoms with Crippen molar-refractivity contribution in [2.45, 2.75) is 18.2 Å². The number of carbonyl (C=O) groups is 2. The number of nitrogens with zero attached hydrogens (tertiary/aromatic N) is 2. The van der Waals surface area contributed by atoms with E-state index in [9.17, 15) is 18.0 Å². The summed E-state index contributed by atoms with van der Waals surface area (Å²) >= 11 is 0. The van der Waals surface area contributed by atoms with Gasteiger partial charge in [0.2, 0.25) is 5.91 Å². The molecule has 24 heavy (non-hydrogen) atoms. The maximum Gasteiger partial charge on any atom is 0.269 e. The fraction of sp³-hybridized carbons (Fsp3) is 0.500. The Labute approximate surface area is 141 Å². The first kappa shape index (κ1) is 16.9. The van der Waals surface area contributed by atoms with Gasteiger partial charge in [-0.1, -0.05) is 12.1 Å². The summed E-state index contributed by atoms with van der Waals surface area (Å²) in [7, 11) is -3.83. The molecule has 3 rings (SSSR count). The number of hydrogen-bond acceptors (Lipinski definition) is 4. The topological polar surface area (TPSA) is 79.2 Å². The van der Waals surface area contributed by atoms with E-state index in [1.165, 1.54) is 17.0 Å². The minimum Gasteiger partial charge on any atom is -0.332 e. The molecule has 0 saturated carbocycles. The van der Waals surface area contributed by atoms with Gasteiger partial charge in [0.15, 0.2) is 0 Å². The third-order valence-electron chi connectivity index (χ3n) is 4.76. The fourth-order valence-electron chi connectivity index (χ4n) is 3.23. The minimum absolute atomic E-state index is 0.0282. The second-order valence-electron chi connectivity index (χ2n) is 6.11. The highest BCUT2D eigenvalue weighted by molar-refractivity contribution is 7.90. The predicted octanol–water partition coefficient (Wildman–Crippen LogP) is -1.03. The van der Waals surface area contributed by atoms with Crippen molar-refractivity contribution in [2.24, 2.45) is 0 Å². The third kappa shape index (κ3) is 2.91. The molecule has 0 atom stereocenters. The van der Waals surface area contributed by atoms with Crippen LogP contribution in [0.5, 0.6) is 0 Å². The maximum atomic E-state index is 12.4. The van der Waals surface area contributed by atoms with E-state index in [4.69, 9.17) is 0 Å². The Morgan fingerprint density at radius 1 is 1.21 bits per heavy atom. The molecule has 2 amide bonds. The molecule has 1 aromatic carbocycles. The molecule has 1 aromatic rings. The largest absolute Gasteiger partial charge is 0.332 e. The van der Waals surface area contributed by atoms with E-state index < -0.39 is 15.9 Å². The number of carbonyl (C=O) groups excluding carboxylic acids is 2. The van der Waals surface area contributed by atoms with Crippen molar-refractivity contribution in [1.82, 2.24) is 9.21 Å². The molecule has 0 unspecified atom stereocenters. The summed E-state index contributed by atoms with van der Waals surface area (Å²) in [5.74, 6) is -0.636. The van der Waals surface area contributed by atoms with Crippen LogP contribution in [0, 0.1) is 0 Å². The van der Waals surface area contributed by atoms with Crippen molar-refractivity contribution in [3.05, 3.63) is 29.8 Å². The monoisotopic (exact) mass is 352 g/mol. The van der Waals surface area contributed by atoms with Gasteiger partial charge in [0, 0.05) is 13.0 Å². The quantitative estimate of drug-likeness (QED) is 0.751. The number of quaternary nitrogens is 1. The average Bonchev–Trinajstić information content (AvgIpc) is 2.80. The van der Waals surface area contributed by atoms with Crippen LogP contribution in [0.15, 0.2) is 29.2 Å². The lowest BCUT2D eigenvalue weighted by Gasteiger charge is -2.32. The van der Waals surface area contributed by atoms with Gasteiger partial charge in [0.25, 0.3) is 15.9 Å². The van der Waals surface area contributed by atoms with Gasteiger partial charge in [-0.05, 0) is 19.1 Å². The molecule has 1 saturated heterocycles. The van der Waals surface area contributed by atoms with Crippen molar-refractivity contribution in [2.75, 3.05) is 39.3 Å². The smallest absolute Gasteiger partial charge is 0.269 e. The zero-order chi connectivity index (χ0) is 17.3. The van der Waals surface area contributed by atoms with Crippen molar-refractivity contribution in [3.63, 3.8) is 0 Å². The van der Waals surface area contributed by atoms with Gasteiger partial charge in [-0.2, -0.15) is 0 Å². The molecule has 0 radical (unpaired) electrons. The van der Waals surface area contributed by atoms with Gasteiger partial charge in [-0.15, -0.1) is 0 Å². The highest BCUT2D eigenvalue weighted by Crippen LogP contribution is 2.29. The lowest BCUT2D eigenvalue weighted by Crippen LogP contribution is -3.14. The van der Waals surface area contributed by atoms with Crippen molar-refractivity contribution >= 4 is 21.8 Å². The Bertz CT molecular complexity index is 754. The Kier molecular flexibility index (Phi) is 4.60. The molecule has 130 valence electrons. The molecule has 0 bridgehead atoms. The van der Waals surface area contributed by atoms with Crippen molar-refractivity contribution < 1.29 is 22.9 Å². The summed E-state index contributed by atoms with van der Waals surface area (Å²) in [6, 6.07) is 6.16. The molecular weight excluding hydrogens is 330 g/mol. The van der Waals surface area contributed by atoms with Crippen LogP contribution < -0.4 is 4.90 Å². The summed E-state index contributed by atoms with van der Waals surface area (Å²) in [5.41, 5.74) is 0.185. The van der Waals surface area contributed by atoms with Gasteiger partial charge in [0.1, 0.15) is 4.90 Å². The second-order valence-corrected chi connectivity index (χ2v) is 7.94. The molecule has 2 aliphatic heterocycles. The molecule has 0 spiro atoms. The number of fused-ring (bicyclic) bond motifs is 1. The van der Waals surface area contributed by atoms with Gasteiger partial charge in [-0.3, -0.25) is 9.59 Å². The highest BCUT2D eigenvalue weighted by atomic mass is 32.2. The number of hydrogen-bond donors (Lipinski definition) is 1. The van der Waals surface area contributed by atoms with Crippen LogP contribution >= 0.6 is 0 Å². The van der Waals surface area contributed by atoms with Gasteiger partial charge >= 0.3 is 0 Å². The Hall–Kier alpha value is -1.93. The predicted molar refractivity (Wildman–Crippen MR) is 87.1 cm³/mol. The van der Waals surface area contributed by atoms with Gasteiger partial charge in [0.05, 0.1) is 38.3 Å². The summed E-state index contributed by atoms with van der Waals surface area (Å²) in [5, 5.41) is 0. The van der Waals surface area contributed by atoms with Gasteiger partial charge in [-0.25, -0.2) is 12.7 Å². The first-order chi connectivity index (χ1) is 11.4. The van der Waals surface area contributed by atoms with E-state index in [1.54, 1.807) is 17.0 Å². The van der Waals surface area contributed by atoms with Crippen LogP contribution in [0.4, 0.5) is 0 Å². The van der Waals surface area contributed by atoms with Crippen LogP contribution in [0.25, 0.3) is 0 Å². The summed E-state index contributed by atoms with van der Waals surface area (Å²) in [6.45, 7) is 6.25. The second kappa shape index (κ2) is 6.52. The SMILES string of the molecule is CC[NH+]1CCN(C(=O)CCN2C(=O)c3ccccc3S2(=O)=O)CC1. The lowest BCUT2D eigenvalue weighted by atomic mass is 10.2. The first-order valence-corrected chi connectivity index (χ1v) is 9.66. The molecule has 2 heterocycles. The van der Waals surface area contributed by atoms with E-state index >= 15 is 0 Å². The lowest BCUT2D eigenvalue weighted by molar-refractivity contribution is -0.902. The van der Waals surface area contributed by atoms with Crippen LogP contribution in [0.1, 0.15) is 23.7 Å². The highest BCUT2D eigenvalue weighted by Gasteiger charge is 2.41. The zero-order valence-electron chi connectivity index (χ0n) is 13.7. The molecule has 0 aromatic heterocycles. The Balaban J connectivity index is 1.64. The normalized spacial score (nSPS) is 20.3. The molecule has 1 fully saturated rings. The van der Waals surface area contributed by atoms with Crippen LogP contribution in [-0.2, 0) is 14.8 Å². The number of rotatable bonds is 4. The molecule has 7 nitrogen and oxygen atoms in total. The number of amides is 2. The van der Waals surface area contributed by atoms with E-state index in [0.717, 1.165) is 23.9 Å². The average molecular weight is 352 g/mol. The minimum atomic E-state index is -3.83. The third-order valence-corrected chi connectivity index (χ3v) is 6.60. The van der Waals surface area contributed by atoms with Crippen molar-refractivity contribution in [3.8, 4) is 0 Å². The number of sulfonamides is 1. The van der Waals surface area contributed by atoms with E-state index in [1.807, 2.05) is 0 Å². The molecule has 0 aliphatic carbocycles. The first-order valence-electron chi connectivity index (χ1n) is 8.22. The van der Waals surface area contributed by atoms with E-state index in [2.05, 4.69) is 6.92 Å². The summed E-state index contributed by atoms with van der Waals surface area (Å²) in [4.78, 5) is 27.9. The molecule has 1 N–H and O–H groups in total. The number of likely N-dealkylation sites (N-methyl/N-ethyl adjacent to an activating group) is 1. The standard InChI is InChI=1S/C16H21N3O4S/c1-2-17-9-11-18(12-10-17)15(20)7-8-19-16(21)13-5-3-4-6-14(13)24(19,22)23/h3-6H,2,7-12H2,1H3/p+1. The summed E-state index contributed by atoms with van der Waals surface area (Å²) in [6.07, 6.45) is 0.0282. The Morgan fingerprint density at radius 2 is 1.88 bits per heavy atom. The van der Waals surface area contributed by atoms with Gasteiger partial charge < -0.3 is 9.80 Å². The number of benzene rings is 1. The Morgan fingerprint density at radius 3 is 2.50 bits per heavy atom. The number of nitrogens with one attached hydrogen (secondary N) is 1. The van der Waals surface area contributed by atoms with E-state index in [-0.39, 0.29) is 29.3 Å². The molecular formula is C16H22N3O4S+. The fourth-order valence-corrected chi connectivity index (χ4v) is 4.80. The molecule has 8 heteroatoms. The molecule has 2 aliphatic rings. The zero-order valence-corrected chi connectivity index (χ0v) is 14.5. The summed E-state index contributed by atoms with van der Waals surface area (Å²) < 4.78 is 25.7. The van der Waals surface area contributed by atoms with Crippen LogP contribution in [0.3, 0.4) is 0 Å².